The van der Waals surface area contributed by atoms with Crippen LogP contribution in [0.5, 0.6) is 0 Å². The average molecular weight is 296 g/mol. The summed E-state index contributed by atoms with van der Waals surface area (Å²) in [6.45, 7) is 3.56. The highest BCUT2D eigenvalue weighted by molar-refractivity contribution is 7.99. The Labute approximate surface area is 119 Å². The Morgan fingerprint density at radius 2 is 2.15 bits per heavy atom. The van der Waals surface area contributed by atoms with E-state index in [9.17, 15) is 9.18 Å². The van der Waals surface area contributed by atoms with Gasteiger partial charge in [-0.3, -0.25) is 0 Å². The molecule has 0 atom stereocenters. The van der Waals surface area contributed by atoms with E-state index in [2.05, 4.69) is 9.72 Å². The number of nitrogen functional groups attached to an aromatic ring is 1. The quantitative estimate of drug-likeness (QED) is 0.693. The van der Waals surface area contributed by atoms with Crippen LogP contribution in [-0.2, 0) is 4.74 Å². The normalized spacial score (nSPS) is 10.6. The first kappa shape index (κ1) is 14.4. The summed E-state index contributed by atoms with van der Waals surface area (Å²) in [5, 5.41) is 0.305. The lowest BCUT2D eigenvalue weighted by Crippen LogP contribution is -2.06. The van der Waals surface area contributed by atoms with E-state index >= 15 is 0 Å². The molecule has 0 radical (unpaired) electrons. The second-order valence-corrected chi connectivity index (χ2v) is 5.08. The second kappa shape index (κ2) is 5.54. The fraction of sp³-hybridized carbons (Fsp3) is 0.231. The number of hydrogen-bond donors (Lipinski definition) is 1. The molecule has 2 N–H and O–H groups in total. The van der Waals surface area contributed by atoms with Crippen LogP contribution >= 0.6 is 11.8 Å². The van der Waals surface area contributed by atoms with Crippen LogP contribution in [-0.4, -0.2) is 18.1 Å². The summed E-state index contributed by atoms with van der Waals surface area (Å²) in [6, 6.07) is 2.41. The van der Waals surface area contributed by atoms with Gasteiger partial charge < -0.3 is 14.9 Å². The van der Waals surface area contributed by atoms with Gasteiger partial charge in [0.05, 0.1) is 23.3 Å². The Morgan fingerprint density at radius 1 is 1.45 bits per heavy atom. The highest BCUT2D eigenvalue weighted by atomic mass is 32.2. The SMILES string of the molecule is COC(=O)c1cc(Sc2nc(C)c(C)o2)c(F)cc1N. The van der Waals surface area contributed by atoms with Crippen molar-refractivity contribution in [1.29, 1.82) is 0 Å². The zero-order valence-corrected chi connectivity index (χ0v) is 12.0. The molecule has 1 aromatic heterocycles. The average Bonchev–Trinajstić information content (AvgIpc) is 2.71. The van der Waals surface area contributed by atoms with Gasteiger partial charge in [-0.05, 0) is 37.7 Å². The minimum atomic E-state index is -0.621. The zero-order chi connectivity index (χ0) is 14.9. The summed E-state index contributed by atoms with van der Waals surface area (Å²) in [7, 11) is 1.23. The number of halogens is 1. The van der Waals surface area contributed by atoms with Gasteiger partial charge in [0, 0.05) is 5.69 Å². The van der Waals surface area contributed by atoms with Crippen LogP contribution in [0.1, 0.15) is 21.8 Å². The molecule has 106 valence electrons. The Kier molecular flexibility index (Phi) is 3.99. The summed E-state index contributed by atoms with van der Waals surface area (Å²) in [6.07, 6.45) is 0. The lowest BCUT2D eigenvalue weighted by Gasteiger charge is -2.07. The van der Waals surface area contributed by atoms with Crippen LogP contribution in [0.4, 0.5) is 10.1 Å². The number of nitrogens with two attached hydrogens (primary N) is 1. The van der Waals surface area contributed by atoms with Gasteiger partial charge in [-0.15, -0.1) is 0 Å². The van der Waals surface area contributed by atoms with E-state index in [1.165, 1.54) is 13.2 Å². The summed E-state index contributed by atoms with van der Waals surface area (Å²) >= 11 is 0.984. The molecule has 0 spiro atoms. The van der Waals surface area contributed by atoms with E-state index in [0.29, 0.717) is 11.0 Å². The van der Waals surface area contributed by atoms with Crippen LogP contribution in [0.25, 0.3) is 0 Å². The molecule has 2 rings (SSSR count). The highest BCUT2D eigenvalue weighted by Crippen LogP contribution is 2.33. The number of carbonyl (C=O) groups excluding carboxylic acids is 1. The number of carbonyl (C=O) groups is 1. The Bertz CT molecular complexity index is 650. The maximum atomic E-state index is 13.9. The minimum Gasteiger partial charge on any atom is -0.465 e. The fourth-order valence-corrected chi connectivity index (χ4v) is 2.39. The molecule has 0 fully saturated rings. The number of rotatable bonds is 3. The molecule has 7 heteroatoms. The number of anilines is 1. The van der Waals surface area contributed by atoms with Crippen molar-refractivity contribution in [1.82, 2.24) is 4.98 Å². The molecule has 1 heterocycles. The van der Waals surface area contributed by atoms with Crippen molar-refractivity contribution in [2.45, 2.75) is 24.0 Å². The van der Waals surface area contributed by atoms with Crippen molar-refractivity contribution >= 4 is 23.4 Å². The molecular weight excluding hydrogens is 283 g/mol. The van der Waals surface area contributed by atoms with Gasteiger partial charge in [-0.25, -0.2) is 14.2 Å². The van der Waals surface area contributed by atoms with Gasteiger partial charge in [0.15, 0.2) is 0 Å². The number of esters is 1. The van der Waals surface area contributed by atoms with E-state index in [1.807, 2.05) is 0 Å². The van der Waals surface area contributed by atoms with Gasteiger partial charge in [-0.1, -0.05) is 0 Å². The number of hydrogen-bond acceptors (Lipinski definition) is 6. The topological polar surface area (TPSA) is 78.3 Å². The smallest absolute Gasteiger partial charge is 0.339 e. The molecule has 1 aromatic carbocycles. The standard InChI is InChI=1S/C13H13FN2O3S/c1-6-7(2)19-13(16-6)20-11-4-8(12(17)18-3)10(15)5-9(11)14/h4-5H,15H2,1-3H3. The van der Waals surface area contributed by atoms with Crippen molar-refractivity contribution in [2.24, 2.45) is 0 Å². The molecule has 0 aliphatic carbocycles. The molecule has 0 aliphatic rings. The maximum absolute atomic E-state index is 13.9. The van der Waals surface area contributed by atoms with Crippen molar-refractivity contribution in [3.8, 4) is 0 Å². The van der Waals surface area contributed by atoms with E-state index in [0.717, 1.165) is 23.5 Å². The molecule has 0 aliphatic heterocycles. The molecule has 2 aromatic rings. The predicted molar refractivity (Wildman–Crippen MR) is 72.3 cm³/mol. The monoisotopic (exact) mass is 296 g/mol. The van der Waals surface area contributed by atoms with E-state index in [-0.39, 0.29) is 16.1 Å². The number of aryl methyl sites for hydroxylation is 2. The molecule has 20 heavy (non-hydrogen) atoms. The van der Waals surface area contributed by atoms with Gasteiger partial charge >= 0.3 is 5.97 Å². The first-order valence-electron chi connectivity index (χ1n) is 5.71. The van der Waals surface area contributed by atoms with Gasteiger partial charge in [0.1, 0.15) is 11.6 Å². The molecule has 0 bridgehead atoms. The van der Waals surface area contributed by atoms with Crippen molar-refractivity contribution in [3.05, 3.63) is 35.0 Å². The van der Waals surface area contributed by atoms with Crippen molar-refractivity contribution in [2.75, 3.05) is 12.8 Å². The Hall–Kier alpha value is -2.02. The lowest BCUT2D eigenvalue weighted by molar-refractivity contribution is 0.0601. The Morgan fingerprint density at radius 3 is 2.70 bits per heavy atom. The van der Waals surface area contributed by atoms with Crippen LogP contribution in [0.15, 0.2) is 26.7 Å². The van der Waals surface area contributed by atoms with E-state index < -0.39 is 11.8 Å². The number of oxazole rings is 1. The zero-order valence-electron chi connectivity index (χ0n) is 11.2. The summed E-state index contributed by atoms with van der Waals surface area (Å²) < 4.78 is 23.8. The third-order valence-electron chi connectivity index (χ3n) is 2.72. The number of methoxy groups -OCH3 is 1. The number of nitrogens with zero attached hydrogens (tertiary/aromatic N) is 1. The minimum absolute atomic E-state index is 0.0264. The van der Waals surface area contributed by atoms with Crippen LogP contribution in [0.3, 0.4) is 0 Å². The second-order valence-electron chi connectivity index (χ2n) is 4.08. The fourth-order valence-electron chi connectivity index (χ4n) is 1.51. The van der Waals surface area contributed by atoms with E-state index in [4.69, 9.17) is 10.2 Å². The Balaban J connectivity index is 2.38. The van der Waals surface area contributed by atoms with Crippen LogP contribution in [0, 0.1) is 19.7 Å². The van der Waals surface area contributed by atoms with Gasteiger partial charge in [0.2, 0.25) is 0 Å². The lowest BCUT2D eigenvalue weighted by atomic mass is 10.2. The third kappa shape index (κ3) is 2.77. The largest absolute Gasteiger partial charge is 0.465 e. The molecule has 0 amide bonds. The highest BCUT2D eigenvalue weighted by Gasteiger charge is 2.17. The number of ether oxygens (including phenoxy) is 1. The number of aromatic nitrogens is 1. The van der Waals surface area contributed by atoms with Gasteiger partial charge in [0.25, 0.3) is 5.22 Å². The molecule has 0 saturated heterocycles. The van der Waals surface area contributed by atoms with Gasteiger partial charge in [-0.2, -0.15) is 0 Å². The summed E-state index contributed by atoms with van der Waals surface area (Å²) in [4.78, 5) is 15.9. The molecule has 5 nitrogen and oxygen atoms in total. The molecule has 0 saturated carbocycles. The van der Waals surface area contributed by atoms with Crippen LogP contribution in [0.2, 0.25) is 0 Å². The predicted octanol–water partition coefficient (Wildman–Crippen LogP) is 2.95. The first-order chi connectivity index (χ1) is 9.42. The molecular formula is C13H13FN2O3S. The van der Waals surface area contributed by atoms with E-state index in [1.54, 1.807) is 13.8 Å². The maximum Gasteiger partial charge on any atom is 0.339 e. The van der Waals surface area contributed by atoms with Crippen molar-refractivity contribution in [3.63, 3.8) is 0 Å². The summed E-state index contributed by atoms with van der Waals surface area (Å²) in [5.41, 5.74) is 6.47. The van der Waals surface area contributed by atoms with Crippen LogP contribution < -0.4 is 5.73 Å². The number of benzene rings is 1. The third-order valence-corrected chi connectivity index (χ3v) is 3.60. The van der Waals surface area contributed by atoms with Crippen molar-refractivity contribution < 1.29 is 18.3 Å². The first-order valence-corrected chi connectivity index (χ1v) is 6.53. The molecule has 0 unspecified atom stereocenters. The summed E-state index contributed by atoms with van der Waals surface area (Å²) in [5.74, 6) is -0.505.